The van der Waals surface area contributed by atoms with Crippen LogP contribution in [0.4, 0.5) is 5.69 Å². The fourth-order valence-corrected chi connectivity index (χ4v) is 5.86. The predicted octanol–water partition coefficient (Wildman–Crippen LogP) is 5.60. The van der Waals surface area contributed by atoms with Crippen molar-refractivity contribution in [3.8, 4) is 5.75 Å². The lowest BCUT2D eigenvalue weighted by atomic mass is 10.1. The van der Waals surface area contributed by atoms with Gasteiger partial charge in [0.15, 0.2) is 0 Å². The number of methoxy groups -OCH3 is 1. The molecule has 0 saturated carbocycles. The lowest BCUT2D eigenvalue weighted by molar-refractivity contribution is -0.139. The number of nitrogens with one attached hydrogen (secondary N) is 1. The van der Waals surface area contributed by atoms with Crippen LogP contribution in [0.5, 0.6) is 5.75 Å². The van der Waals surface area contributed by atoms with Gasteiger partial charge in [-0.2, -0.15) is 0 Å². The maximum absolute atomic E-state index is 14.1. The molecular formula is C31H38BrN3O5S. The summed E-state index contributed by atoms with van der Waals surface area (Å²) in [5.74, 6) is -0.536. The normalized spacial score (nSPS) is 12.8. The van der Waals surface area contributed by atoms with E-state index in [1.807, 2.05) is 58.0 Å². The van der Waals surface area contributed by atoms with E-state index in [4.69, 9.17) is 4.74 Å². The molecule has 0 fully saturated rings. The molecule has 10 heteroatoms. The molecule has 220 valence electrons. The van der Waals surface area contributed by atoms with E-state index in [0.717, 1.165) is 31.9 Å². The van der Waals surface area contributed by atoms with Gasteiger partial charge in [0.05, 0.1) is 17.7 Å². The smallest absolute Gasteiger partial charge is 0.264 e. The first-order valence-electron chi connectivity index (χ1n) is 13.5. The second-order valence-electron chi connectivity index (χ2n) is 10.1. The number of sulfonamides is 1. The summed E-state index contributed by atoms with van der Waals surface area (Å²) in [4.78, 5) is 28.8. The topological polar surface area (TPSA) is 96.0 Å². The zero-order chi connectivity index (χ0) is 30.3. The Labute approximate surface area is 251 Å². The number of hydrogen-bond acceptors (Lipinski definition) is 5. The van der Waals surface area contributed by atoms with Crippen molar-refractivity contribution in [2.75, 3.05) is 18.0 Å². The van der Waals surface area contributed by atoms with Gasteiger partial charge in [-0.15, -0.1) is 0 Å². The number of anilines is 1. The lowest BCUT2D eigenvalue weighted by Gasteiger charge is -2.33. The van der Waals surface area contributed by atoms with Gasteiger partial charge in [-0.25, -0.2) is 8.42 Å². The van der Waals surface area contributed by atoms with E-state index >= 15 is 0 Å². The maximum atomic E-state index is 14.1. The highest BCUT2D eigenvalue weighted by molar-refractivity contribution is 9.10. The predicted molar refractivity (Wildman–Crippen MR) is 165 cm³/mol. The summed E-state index contributed by atoms with van der Waals surface area (Å²) in [7, 11) is -2.74. The van der Waals surface area contributed by atoms with Gasteiger partial charge in [-0.05, 0) is 81.6 Å². The quantitative estimate of drug-likeness (QED) is 0.277. The Hall–Kier alpha value is -3.37. The number of rotatable bonds is 12. The summed E-state index contributed by atoms with van der Waals surface area (Å²) in [6.45, 7) is 8.79. The van der Waals surface area contributed by atoms with Crippen molar-refractivity contribution in [3.05, 3.63) is 87.9 Å². The van der Waals surface area contributed by atoms with Gasteiger partial charge in [0.25, 0.3) is 10.0 Å². The van der Waals surface area contributed by atoms with Crippen molar-refractivity contribution in [2.24, 2.45) is 0 Å². The summed E-state index contributed by atoms with van der Waals surface area (Å²) in [5.41, 5.74) is 2.74. The standard InChI is InChI=1S/C31H38BrN3O5S/c1-7-23(4)33-31(37)24(5)34(19-25-11-13-26(32)14-12-25)30(36)20-35(28-18-22(3)10-17-29(28)40-6)41(38,39)27-15-8-21(2)9-16-27/h8-18,23-24H,7,19-20H2,1-6H3,(H,33,37)/t23-,24+/m1/s1. The van der Waals surface area contributed by atoms with Crippen molar-refractivity contribution >= 4 is 43.5 Å². The number of ether oxygens (including phenoxy) is 1. The van der Waals surface area contributed by atoms with Crippen LogP contribution in [0.1, 0.15) is 43.9 Å². The van der Waals surface area contributed by atoms with Crippen LogP contribution in [0.3, 0.4) is 0 Å². The number of hydrogen-bond donors (Lipinski definition) is 1. The molecule has 0 unspecified atom stereocenters. The van der Waals surface area contributed by atoms with Gasteiger partial charge in [-0.3, -0.25) is 13.9 Å². The summed E-state index contributed by atoms with van der Waals surface area (Å²) in [5, 5.41) is 2.94. The van der Waals surface area contributed by atoms with E-state index in [0.29, 0.717) is 5.75 Å². The lowest BCUT2D eigenvalue weighted by Crippen LogP contribution is -2.52. The molecule has 0 heterocycles. The van der Waals surface area contributed by atoms with Gasteiger partial charge in [0.2, 0.25) is 11.8 Å². The highest BCUT2D eigenvalue weighted by atomic mass is 79.9. The Morgan fingerprint density at radius 2 is 1.56 bits per heavy atom. The minimum absolute atomic E-state index is 0.0430. The fraction of sp³-hybridized carbons (Fsp3) is 0.355. The molecule has 1 N–H and O–H groups in total. The van der Waals surface area contributed by atoms with Crippen molar-refractivity contribution in [1.82, 2.24) is 10.2 Å². The van der Waals surface area contributed by atoms with E-state index in [2.05, 4.69) is 21.2 Å². The Morgan fingerprint density at radius 1 is 0.951 bits per heavy atom. The summed E-state index contributed by atoms with van der Waals surface area (Å²) >= 11 is 3.42. The second kappa shape index (κ2) is 14.0. The number of carbonyl (C=O) groups excluding carboxylic acids is 2. The van der Waals surface area contributed by atoms with Crippen LogP contribution >= 0.6 is 15.9 Å². The first-order valence-corrected chi connectivity index (χ1v) is 15.7. The minimum atomic E-state index is -4.20. The molecule has 3 rings (SSSR count). The fourth-order valence-electron chi connectivity index (χ4n) is 4.18. The molecule has 2 amide bonds. The Morgan fingerprint density at radius 3 is 2.15 bits per heavy atom. The van der Waals surface area contributed by atoms with E-state index in [1.54, 1.807) is 31.2 Å². The van der Waals surface area contributed by atoms with Crippen LogP contribution in [0, 0.1) is 13.8 Å². The Bertz CT molecular complexity index is 1460. The van der Waals surface area contributed by atoms with Crippen LogP contribution < -0.4 is 14.4 Å². The molecule has 3 aromatic carbocycles. The number of aryl methyl sites for hydroxylation is 2. The van der Waals surface area contributed by atoms with Gasteiger partial charge >= 0.3 is 0 Å². The first kappa shape index (κ1) is 32.1. The second-order valence-corrected chi connectivity index (χ2v) is 12.9. The third-order valence-corrected chi connectivity index (χ3v) is 9.23. The van der Waals surface area contributed by atoms with Crippen LogP contribution in [0.2, 0.25) is 0 Å². The number of nitrogens with zero attached hydrogens (tertiary/aromatic N) is 2. The highest BCUT2D eigenvalue weighted by Gasteiger charge is 2.34. The molecule has 0 spiro atoms. The van der Waals surface area contributed by atoms with Crippen molar-refractivity contribution in [2.45, 2.75) is 64.6 Å². The minimum Gasteiger partial charge on any atom is -0.495 e. The number of amides is 2. The number of halogens is 1. The largest absolute Gasteiger partial charge is 0.495 e. The van der Waals surface area contributed by atoms with E-state index < -0.39 is 28.5 Å². The van der Waals surface area contributed by atoms with Gasteiger partial charge < -0.3 is 15.0 Å². The summed E-state index contributed by atoms with van der Waals surface area (Å²) in [6.07, 6.45) is 0.731. The molecule has 0 aliphatic carbocycles. The molecule has 0 bridgehead atoms. The molecular weight excluding hydrogens is 606 g/mol. The molecule has 0 aliphatic rings. The Balaban J connectivity index is 2.09. The monoisotopic (exact) mass is 643 g/mol. The van der Waals surface area contributed by atoms with E-state index in [9.17, 15) is 18.0 Å². The maximum Gasteiger partial charge on any atom is 0.264 e. The average molecular weight is 645 g/mol. The molecule has 3 aromatic rings. The molecule has 41 heavy (non-hydrogen) atoms. The average Bonchev–Trinajstić information content (AvgIpc) is 2.95. The third-order valence-electron chi connectivity index (χ3n) is 6.93. The number of benzene rings is 3. The van der Waals surface area contributed by atoms with Gasteiger partial charge in [0.1, 0.15) is 18.3 Å². The van der Waals surface area contributed by atoms with Crippen molar-refractivity contribution in [1.29, 1.82) is 0 Å². The molecule has 0 radical (unpaired) electrons. The van der Waals surface area contributed by atoms with Crippen LogP contribution in [0.15, 0.2) is 76.1 Å². The summed E-state index contributed by atoms with van der Waals surface area (Å²) in [6, 6.07) is 18.1. The van der Waals surface area contributed by atoms with Crippen LogP contribution in [0.25, 0.3) is 0 Å². The van der Waals surface area contributed by atoms with E-state index in [-0.39, 0.29) is 29.1 Å². The summed E-state index contributed by atoms with van der Waals surface area (Å²) < 4.78 is 35.6. The van der Waals surface area contributed by atoms with Gasteiger partial charge in [-0.1, -0.05) is 58.7 Å². The molecule has 8 nitrogen and oxygen atoms in total. The van der Waals surface area contributed by atoms with Crippen LogP contribution in [-0.4, -0.2) is 50.9 Å². The van der Waals surface area contributed by atoms with Gasteiger partial charge in [0, 0.05) is 17.1 Å². The third kappa shape index (κ3) is 8.10. The number of carbonyl (C=O) groups is 2. The first-order chi connectivity index (χ1) is 19.4. The van der Waals surface area contributed by atoms with Crippen molar-refractivity contribution in [3.63, 3.8) is 0 Å². The van der Waals surface area contributed by atoms with Crippen LogP contribution in [-0.2, 0) is 26.2 Å². The highest BCUT2D eigenvalue weighted by Crippen LogP contribution is 2.34. The SMILES string of the molecule is CC[C@@H](C)NC(=O)[C@H](C)N(Cc1ccc(Br)cc1)C(=O)CN(c1cc(C)ccc1OC)S(=O)(=O)c1ccc(C)cc1. The zero-order valence-corrected chi connectivity index (χ0v) is 26.8. The zero-order valence-electron chi connectivity index (χ0n) is 24.3. The van der Waals surface area contributed by atoms with Crippen molar-refractivity contribution < 1.29 is 22.7 Å². The van der Waals surface area contributed by atoms with E-state index in [1.165, 1.54) is 24.1 Å². The molecule has 0 saturated heterocycles. The molecule has 0 aromatic heterocycles. The molecule has 0 aliphatic heterocycles. The Kier molecular flexibility index (Phi) is 11.0. The molecule has 2 atom stereocenters.